The molecular weight excluding hydrogens is 557 g/mol. The number of hydrogen-bond donors (Lipinski definition) is 0. The summed E-state index contributed by atoms with van der Waals surface area (Å²) in [4.78, 5) is 9.89. The van der Waals surface area contributed by atoms with Crippen molar-refractivity contribution in [3.63, 3.8) is 0 Å². The molecule has 4 aromatic carbocycles. The summed E-state index contributed by atoms with van der Waals surface area (Å²) in [5.74, 6) is 4.06. The van der Waals surface area contributed by atoms with Crippen LogP contribution in [0.5, 0.6) is 11.5 Å². The molecule has 0 saturated heterocycles. The van der Waals surface area contributed by atoms with Crippen molar-refractivity contribution >= 4 is 67.1 Å². The zero-order valence-electron chi connectivity index (χ0n) is 24.4. The van der Waals surface area contributed by atoms with Crippen LogP contribution in [0.1, 0.15) is 38.5 Å². The molecule has 0 aliphatic heterocycles. The molecule has 0 radical (unpaired) electrons. The van der Waals surface area contributed by atoms with Gasteiger partial charge in [0.05, 0.1) is 35.8 Å². The molecule has 0 unspecified atom stereocenters. The number of aromatic amines is 2. The second kappa shape index (κ2) is 13.7. The van der Waals surface area contributed by atoms with Crippen LogP contribution in [-0.2, 0) is 0 Å². The second-order valence-corrected chi connectivity index (χ2v) is 12.9. The number of aromatic nitrogens is 2. The normalized spacial score (nSPS) is 11.6. The average Bonchev–Trinajstić information content (AvgIpc) is 3.04. The molecule has 0 spiro atoms. The van der Waals surface area contributed by atoms with Gasteiger partial charge in [0, 0.05) is 34.1 Å². The Kier molecular flexibility index (Phi) is 9.31. The van der Waals surface area contributed by atoms with Gasteiger partial charge in [0.1, 0.15) is 11.5 Å². The summed E-state index contributed by atoms with van der Waals surface area (Å²) in [6.45, 7) is 0. The van der Waals surface area contributed by atoms with Gasteiger partial charge in [0.2, 0.25) is 22.1 Å². The van der Waals surface area contributed by atoms with E-state index in [9.17, 15) is 0 Å². The lowest BCUT2D eigenvalue weighted by Gasteiger charge is -2.09. The third-order valence-corrected chi connectivity index (χ3v) is 10.3. The monoisotopic (exact) mass is 594 g/mol. The van der Waals surface area contributed by atoms with Crippen molar-refractivity contribution in [1.29, 1.82) is 0 Å². The molecule has 6 aromatic rings. The summed E-state index contributed by atoms with van der Waals surface area (Å²) in [7, 11) is 3.47. The molecule has 0 amide bonds. The van der Waals surface area contributed by atoms with Gasteiger partial charge in [-0.25, -0.2) is 9.97 Å². The number of benzene rings is 4. The Morgan fingerprint density at radius 3 is 1.33 bits per heavy atom. The number of para-hydroxylation sites is 2. The van der Waals surface area contributed by atoms with Gasteiger partial charge >= 0.3 is 0 Å². The Bertz CT molecular complexity index is 1700. The molecule has 214 valence electrons. The second-order valence-electron chi connectivity index (χ2n) is 10.6. The van der Waals surface area contributed by atoms with Crippen LogP contribution in [0.15, 0.2) is 94.7 Å². The third kappa shape index (κ3) is 6.30. The van der Waals surface area contributed by atoms with Gasteiger partial charge in [0.25, 0.3) is 0 Å². The van der Waals surface area contributed by atoms with Crippen molar-refractivity contribution in [3.8, 4) is 11.5 Å². The highest BCUT2D eigenvalue weighted by Crippen LogP contribution is 2.36. The minimum Gasteiger partial charge on any atom is -0.497 e. The highest BCUT2D eigenvalue weighted by molar-refractivity contribution is 8.00. The first-order valence-electron chi connectivity index (χ1n) is 14.8. The predicted octanol–water partition coefficient (Wildman–Crippen LogP) is 9.17. The van der Waals surface area contributed by atoms with Gasteiger partial charge in [0.15, 0.2) is 0 Å². The van der Waals surface area contributed by atoms with E-state index in [4.69, 9.17) is 9.47 Å². The van der Waals surface area contributed by atoms with Crippen molar-refractivity contribution in [3.05, 3.63) is 84.9 Å². The Morgan fingerprint density at radius 2 is 0.881 bits per heavy atom. The largest absolute Gasteiger partial charge is 0.497 e. The van der Waals surface area contributed by atoms with E-state index >= 15 is 0 Å². The molecule has 42 heavy (non-hydrogen) atoms. The van der Waals surface area contributed by atoms with Crippen molar-refractivity contribution in [2.75, 3.05) is 25.7 Å². The molecule has 4 nitrogen and oxygen atoms in total. The lowest BCUT2D eigenvalue weighted by atomic mass is 10.1. The Morgan fingerprint density at radius 1 is 0.476 bits per heavy atom. The van der Waals surface area contributed by atoms with Gasteiger partial charge in [-0.2, -0.15) is 0 Å². The van der Waals surface area contributed by atoms with Crippen molar-refractivity contribution in [2.24, 2.45) is 0 Å². The van der Waals surface area contributed by atoms with E-state index in [2.05, 4.69) is 82.8 Å². The highest BCUT2D eigenvalue weighted by Gasteiger charge is 2.16. The van der Waals surface area contributed by atoms with E-state index in [1.165, 1.54) is 80.9 Å². The summed E-state index contributed by atoms with van der Waals surface area (Å²) in [5.41, 5.74) is 4.68. The molecule has 2 N–H and O–H groups in total. The molecule has 0 atom stereocenters. The summed E-state index contributed by atoms with van der Waals surface area (Å²) >= 11 is 3.96. The van der Waals surface area contributed by atoms with Crippen molar-refractivity contribution in [2.45, 2.75) is 48.3 Å². The van der Waals surface area contributed by atoms with Crippen LogP contribution in [-0.4, -0.2) is 25.7 Å². The lowest BCUT2D eigenvalue weighted by Crippen LogP contribution is -2.06. The highest BCUT2D eigenvalue weighted by atomic mass is 32.2. The number of nitrogens with one attached hydrogen (secondary N) is 2. The molecule has 6 rings (SSSR count). The summed E-state index contributed by atoms with van der Waals surface area (Å²) in [5, 5.41) is 5.06. The predicted molar refractivity (Wildman–Crippen MR) is 178 cm³/mol. The fourth-order valence-electron chi connectivity index (χ4n) is 5.63. The first-order valence-corrected chi connectivity index (χ1v) is 16.8. The summed E-state index contributed by atoms with van der Waals surface area (Å²) < 4.78 is 11.1. The van der Waals surface area contributed by atoms with Gasteiger partial charge in [-0.3, -0.25) is 0 Å². The first kappa shape index (κ1) is 28.6. The van der Waals surface area contributed by atoms with Crippen molar-refractivity contribution in [1.82, 2.24) is 0 Å². The Labute approximate surface area is 256 Å². The van der Waals surface area contributed by atoms with E-state index in [0.29, 0.717) is 0 Å². The van der Waals surface area contributed by atoms with Crippen LogP contribution in [0.2, 0.25) is 0 Å². The maximum atomic E-state index is 5.53. The van der Waals surface area contributed by atoms with Crippen LogP contribution in [0.4, 0.5) is 0 Å². The Hall–Kier alpha value is -3.48. The standard InChI is InChI=1S/C36H36N2O2S2/c1-39-25-17-19-33-29(23-25)35(27-13-7-9-15-31(27)37-33)41-21-11-5-3-4-6-12-22-42-36-28-14-8-10-16-32(28)38-34-20-18-26(40-2)24-30(34)36/h7-10,13-20,23-24H,3-6,11-12,21-22H2,1-2H3/p+2. The molecule has 0 fully saturated rings. The van der Waals surface area contributed by atoms with Gasteiger partial charge in [-0.15, -0.1) is 23.5 Å². The number of hydrogen-bond acceptors (Lipinski definition) is 4. The van der Waals surface area contributed by atoms with Crippen LogP contribution in [0.25, 0.3) is 43.6 Å². The molecule has 2 aromatic heterocycles. The van der Waals surface area contributed by atoms with Gasteiger partial charge < -0.3 is 9.47 Å². The van der Waals surface area contributed by atoms with Crippen LogP contribution in [0, 0.1) is 0 Å². The molecular formula is C36H38N2O2S2+2. The molecule has 0 aliphatic rings. The smallest absolute Gasteiger partial charge is 0.212 e. The van der Waals surface area contributed by atoms with Crippen molar-refractivity contribution < 1.29 is 19.4 Å². The fraction of sp³-hybridized carbons (Fsp3) is 0.278. The van der Waals surface area contributed by atoms with Gasteiger partial charge in [-0.05, 0) is 60.7 Å². The number of pyridine rings is 2. The molecule has 2 heterocycles. The summed E-state index contributed by atoms with van der Waals surface area (Å²) in [6, 6.07) is 29.9. The number of rotatable bonds is 13. The minimum atomic E-state index is 0.901. The maximum absolute atomic E-state index is 5.53. The number of thioether (sulfide) groups is 2. The maximum Gasteiger partial charge on any atom is 0.212 e. The molecule has 6 heteroatoms. The van der Waals surface area contributed by atoms with Crippen LogP contribution in [0.3, 0.4) is 0 Å². The minimum absolute atomic E-state index is 0.901. The Balaban J connectivity index is 0.993. The van der Waals surface area contributed by atoms with Crippen LogP contribution < -0.4 is 19.4 Å². The number of methoxy groups -OCH3 is 2. The lowest BCUT2D eigenvalue weighted by molar-refractivity contribution is -0.311. The topological polar surface area (TPSA) is 46.7 Å². The number of unbranched alkanes of at least 4 members (excludes halogenated alkanes) is 5. The third-order valence-electron chi connectivity index (χ3n) is 7.86. The SMILES string of the molecule is COc1ccc2[nH+]c3ccccc3c(SCCCCCCCCSc3c4ccccc4[nH+]c4ccc(OC)cc34)c2c1. The average molecular weight is 595 g/mol. The zero-order valence-corrected chi connectivity index (χ0v) is 26.0. The first-order chi connectivity index (χ1) is 20.7. The number of fused-ring (bicyclic) bond motifs is 4. The van der Waals surface area contributed by atoms with Crippen LogP contribution >= 0.6 is 23.5 Å². The number of ether oxygens (including phenoxy) is 2. The molecule has 0 aliphatic carbocycles. The van der Waals surface area contributed by atoms with E-state index in [1.54, 1.807) is 14.2 Å². The fourth-order valence-corrected chi connectivity index (χ4v) is 8.05. The van der Waals surface area contributed by atoms with E-state index in [-0.39, 0.29) is 0 Å². The van der Waals surface area contributed by atoms with E-state index in [1.807, 2.05) is 35.7 Å². The molecule has 0 saturated carbocycles. The quantitative estimate of drug-likeness (QED) is 0.0760. The number of H-pyrrole nitrogens is 2. The van der Waals surface area contributed by atoms with E-state index < -0.39 is 0 Å². The summed E-state index contributed by atoms with van der Waals surface area (Å²) in [6.07, 6.45) is 7.62. The van der Waals surface area contributed by atoms with E-state index in [0.717, 1.165) is 34.0 Å². The zero-order chi connectivity index (χ0) is 28.7. The molecule has 0 bridgehead atoms. The van der Waals surface area contributed by atoms with Gasteiger partial charge in [-0.1, -0.05) is 49.9 Å².